The summed E-state index contributed by atoms with van der Waals surface area (Å²) in [7, 11) is -0.987. The van der Waals surface area contributed by atoms with Crippen molar-refractivity contribution in [3.63, 3.8) is 0 Å². The Morgan fingerprint density at radius 3 is 2.30 bits per heavy atom. The summed E-state index contributed by atoms with van der Waals surface area (Å²) in [6, 6.07) is 11.3. The third kappa shape index (κ3) is 6.85. The van der Waals surface area contributed by atoms with Crippen molar-refractivity contribution < 1.29 is 22.7 Å². The van der Waals surface area contributed by atoms with Crippen LogP contribution >= 0.6 is 11.6 Å². The molecule has 0 aliphatic heterocycles. The van der Waals surface area contributed by atoms with Gasteiger partial charge in [-0.3, -0.25) is 13.9 Å². The fourth-order valence-corrected chi connectivity index (χ4v) is 4.44. The lowest BCUT2D eigenvalue weighted by Gasteiger charge is -2.33. The normalized spacial score (nSPS) is 12.1. The lowest BCUT2D eigenvalue weighted by molar-refractivity contribution is -0.140. The van der Waals surface area contributed by atoms with Gasteiger partial charge in [0.1, 0.15) is 18.3 Å². The maximum Gasteiger partial charge on any atom is 0.244 e. The second-order valence-electron chi connectivity index (χ2n) is 7.63. The predicted octanol–water partition coefficient (Wildman–Crippen LogP) is 2.98. The molecule has 10 heteroatoms. The molecule has 0 saturated heterocycles. The van der Waals surface area contributed by atoms with E-state index in [2.05, 4.69) is 5.32 Å². The number of aryl methyl sites for hydroxylation is 1. The maximum atomic E-state index is 13.5. The molecule has 2 rings (SSSR count). The highest BCUT2D eigenvalue weighted by Crippen LogP contribution is 2.33. The van der Waals surface area contributed by atoms with Crippen LogP contribution in [0.1, 0.15) is 24.5 Å². The summed E-state index contributed by atoms with van der Waals surface area (Å²) in [5, 5.41) is 2.88. The number of carbonyl (C=O) groups is 2. The van der Waals surface area contributed by atoms with Crippen molar-refractivity contribution >= 4 is 39.1 Å². The molecule has 0 saturated carbocycles. The number of ether oxygens (including phenoxy) is 1. The van der Waals surface area contributed by atoms with Crippen molar-refractivity contribution in [3.8, 4) is 5.75 Å². The standard InChI is InChI=1S/C23H30ClN3O5S/c1-6-19(23(29)25-3)26(14-17-9-7-16(2)8-10-17)22(28)15-27(33(5,30)31)20-13-18(24)11-12-21(20)32-4/h7-13,19H,6,14-15H2,1-5H3,(H,25,29)/t19-/m0/s1. The number of benzene rings is 2. The molecule has 8 nitrogen and oxygen atoms in total. The Bertz CT molecular complexity index is 1090. The van der Waals surface area contributed by atoms with Gasteiger partial charge in [-0.2, -0.15) is 0 Å². The van der Waals surface area contributed by atoms with Gasteiger partial charge in [0.2, 0.25) is 21.8 Å². The number of halogens is 1. The molecule has 0 heterocycles. The second kappa shape index (κ2) is 11.4. The van der Waals surface area contributed by atoms with Crippen LogP contribution in [0.2, 0.25) is 5.02 Å². The molecule has 1 atom stereocenters. The minimum atomic E-state index is -3.89. The average molecular weight is 496 g/mol. The van der Waals surface area contributed by atoms with Gasteiger partial charge < -0.3 is 15.0 Å². The molecule has 0 fully saturated rings. The minimum absolute atomic E-state index is 0.143. The maximum absolute atomic E-state index is 13.5. The predicted molar refractivity (Wildman–Crippen MR) is 130 cm³/mol. The van der Waals surface area contributed by atoms with Crippen LogP contribution in [0.3, 0.4) is 0 Å². The molecule has 1 N–H and O–H groups in total. The van der Waals surface area contributed by atoms with Gasteiger partial charge in [-0.25, -0.2) is 8.42 Å². The number of nitrogens with one attached hydrogen (secondary N) is 1. The average Bonchev–Trinajstić information content (AvgIpc) is 2.77. The van der Waals surface area contributed by atoms with Gasteiger partial charge in [-0.15, -0.1) is 0 Å². The van der Waals surface area contributed by atoms with E-state index in [9.17, 15) is 18.0 Å². The lowest BCUT2D eigenvalue weighted by atomic mass is 10.1. The molecule has 2 amide bonds. The number of hydrogen-bond acceptors (Lipinski definition) is 5. The summed E-state index contributed by atoms with van der Waals surface area (Å²) in [6.07, 6.45) is 1.36. The number of amides is 2. The Kier molecular flexibility index (Phi) is 9.13. The van der Waals surface area contributed by atoms with E-state index in [1.54, 1.807) is 13.0 Å². The number of likely N-dealkylation sites (N-methyl/N-ethyl adjacent to an activating group) is 1. The van der Waals surface area contributed by atoms with E-state index in [1.165, 1.54) is 31.2 Å². The van der Waals surface area contributed by atoms with Crippen molar-refractivity contribution in [3.05, 3.63) is 58.6 Å². The molecule has 180 valence electrons. The largest absolute Gasteiger partial charge is 0.495 e. The Morgan fingerprint density at radius 2 is 1.79 bits per heavy atom. The fraction of sp³-hybridized carbons (Fsp3) is 0.391. The zero-order chi connectivity index (χ0) is 24.8. The van der Waals surface area contributed by atoms with E-state index in [1.807, 2.05) is 31.2 Å². The minimum Gasteiger partial charge on any atom is -0.495 e. The van der Waals surface area contributed by atoms with Crippen molar-refractivity contribution in [2.75, 3.05) is 31.3 Å². The molecule has 0 bridgehead atoms. The van der Waals surface area contributed by atoms with Crippen molar-refractivity contribution in [1.82, 2.24) is 10.2 Å². The molecule has 0 spiro atoms. The number of nitrogens with zero attached hydrogens (tertiary/aromatic N) is 2. The van der Waals surface area contributed by atoms with Crippen LogP contribution in [0.25, 0.3) is 0 Å². The SMILES string of the molecule is CC[C@@H](C(=O)NC)N(Cc1ccc(C)cc1)C(=O)CN(c1cc(Cl)ccc1OC)S(C)(=O)=O. The van der Waals surface area contributed by atoms with Gasteiger partial charge in [-0.05, 0) is 37.1 Å². The first-order valence-corrected chi connectivity index (χ1v) is 12.6. The summed E-state index contributed by atoms with van der Waals surface area (Å²) >= 11 is 6.10. The zero-order valence-electron chi connectivity index (χ0n) is 19.5. The Balaban J connectivity index is 2.49. The molecule has 2 aromatic rings. The highest BCUT2D eigenvalue weighted by atomic mass is 35.5. The number of hydrogen-bond donors (Lipinski definition) is 1. The van der Waals surface area contributed by atoms with Gasteiger partial charge in [0.15, 0.2) is 0 Å². The first kappa shape index (κ1) is 26.5. The highest BCUT2D eigenvalue weighted by Gasteiger charge is 2.32. The molecular formula is C23H30ClN3O5S. The lowest BCUT2D eigenvalue weighted by Crippen LogP contribution is -2.51. The van der Waals surface area contributed by atoms with E-state index in [-0.39, 0.29) is 23.9 Å². The summed E-state index contributed by atoms with van der Waals surface area (Å²) in [6.45, 7) is 3.38. The van der Waals surface area contributed by atoms with Gasteiger partial charge in [0.25, 0.3) is 0 Å². The number of rotatable bonds is 10. The summed E-state index contributed by atoms with van der Waals surface area (Å²) in [4.78, 5) is 27.5. The van der Waals surface area contributed by atoms with E-state index < -0.39 is 28.5 Å². The summed E-state index contributed by atoms with van der Waals surface area (Å²) < 4.78 is 31.6. The third-order valence-electron chi connectivity index (χ3n) is 5.19. The Hall–Kier alpha value is -2.78. The highest BCUT2D eigenvalue weighted by molar-refractivity contribution is 7.92. The molecule has 0 aliphatic carbocycles. The van der Waals surface area contributed by atoms with Crippen LogP contribution in [0.5, 0.6) is 5.75 Å². The number of sulfonamides is 1. The first-order chi connectivity index (χ1) is 15.5. The number of methoxy groups -OCH3 is 1. The summed E-state index contributed by atoms with van der Waals surface area (Å²) in [5.41, 5.74) is 2.03. The molecular weight excluding hydrogens is 466 g/mol. The van der Waals surface area contributed by atoms with Crippen LogP contribution < -0.4 is 14.4 Å². The molecule has 0 aliphatic rings. The number of carbonyl (C=O) groups excluding carboxylic acids is 2. The van der Waals surface area contributed by atoms with E-state index in [0.29, 0.717) is 11.4 Å². The molecule has 0 unspecified atom stereocenters. The fourth-order valence-electron chi connectivity index (χ4n) is 3.43. The Morgan fingerprint density at radius 1 is 1.15 bits per heavy atom. The monoisotopic (exact) mass is 495 g/mol. The van der Waals surface area contributed by atoms with Crippen LogP contribution in [-0.2, 0) is 26.2 Å². The topological polar surface area (TPSA) is 96.0 Å². The molecule has 0 aromatic heterocycles. The van der Waals surface area contributed by atoms with Crippen LogP contribution in [0.15, 0.2) is 42.5 Å². The van der Waals surface area contributed by atoms with Crippen LogP contribution in [0.4, 0.5) is 5.69 Å². The van der Waals surface area contributed by atoms with E-state index in [0.717, 1.165) is 21.7 Å². The van der Waals surface area contributed by atoms with Crippen molar-refractivity contribution in [2.24, 2.45) is 0 Å². The van der Waals surface area contributed by atoms with E-state index in [4.69, 9.17) is 16.3 Å². The molecule has 0 radical (unpaired) electrons. The van der Waals surface area contributed by atoms with Crippen molar-refractivity contribution in [1.29, 1.82) is 0 Å². The van der Waals surface area contributed by atoms with Crippen LogP contribution in [-0.4, -0.2) is 58.1 Å². The van der Waals surface area contributed by atoms with Crippen LogP contribution in [0, 0.1) is 6.92 Å². The second-order valence-corrected chi connectivity index (χ2v) is 9.97. The molecule has 2 aromatic carbocycles. The van der Waals surface area contributed by atoms with E-state index >= 15 is 0 Å². The Labute approximate surface area is 200 Å². The summed E-state index contributed by atoms with van der Waals surface area (Å²) in [5.74, 6) is -0.608. The van der Waals surface area contributed by atoms with Gasteiger partial charge in [-0.1, -0.05) is 48.4 Å². The number of anilines is 1. The van der Waals surface area contributed by atoms with Gasteiger partial charge in [0.05, 0.1) is 19.1 Å². The molecule has 33 heavy (non-hydrogen) atoms. The van der Waals surface area contributed by atoms with Gasteiger partial charge >= 0.3 is 0 Å². The van der Waals surface area contributed by atoms with Crippen molar-refractivity contribution in [2.45, 2.75) is 32.9 Å². The van der Waals surface area contributed by atoms with Gasteiger partial charge in [0, 0.05) is 18.6 Å². The first-order valence-electron chi connectivity index (χ1n) is 10.4. The third-order valence-corrected chi connectivity index (χ3v) is 6.56. The zero-order valence-corrected chi connectivity index (χ0v) is 21.0. The smallest absolute Gasteiger partial charge is 0.244 e. The quantitative estimate of drug-likeness (QED) is 0.546.